The molecule has 0 N–H and O–H groups in total. The number of hydrogen-bond donors (Lipinski definition) is 0. The SMILES string of the molecule is CC(C)(C)[Si]([Si](I)[Si](I)(I)[Si](C(C)(C)C)(C(C)(C)C)C(C)(C)C)(C(C)(C)C)C(C)(C)C. The molecule has 0 amide bonds. The first-order valence-corrected chi connectivity index (χ1v) is 31.7. The van der Waals surface area contributed by atoms with Gasteiger partial charge in [-0.05, 0) is 30.2 Å². The summed E-state index contributed by atoms with van der Waals surface area (Å²) in [7, 11) is -3.67. The van der Waals surface area contributed by atoms with Crippen molar-refractivity contribution in [2.45, 2.75) is 155 Å². The average Bonchev–Trinajstić information content (AvgIpc) is 2.26. The molecule has 0 aromatic rings. The summed E-state index contributed by atoms with van der Waals surface area (Å²) in [5.41, 5.74) is 0. The average molecular weight is 836 g/mol. The highest BCUT2D eigenvalue weighted by Gasteiger charge is 2.77. The van der Waals surface area contributed by atoms with Gasteiger partial charge >= 0.3 is 0 Å². The van der Waals surface area contributed by atoms with Crippen molar-refractivity contribution in [3.63, 3.8) is 0 Å². The Morgan fingerprint density at radius 3 is 0.742 bits per heavy atom. The van der Waals surface area contributed by atoms with E-state index in [1.807, 2.05) is 0 Å². The molecule has 0 spiro atoms. The van der Waals surface area contributed by atoms with Crippen LogP contribution in [0.5, 0.6) is 0 Å². The number of halogens is 3. The second-order valence-corrected chi connectivity index (χ2v) is 82.1. The van der Waals surface area contributed by atoms with Crippen molar-refractivity contribution in [3.8, 4) is 0 Å². The molecule has 187 valence electrons. The fourth-order valence-corrected chi connectivity index (χ4v) is 181. The lowest BCUT2D eigenvalue weighted by Crippen LogP contribution is -2.82. The van der Waals surface area contributed by atoms with Crippen LogP contribution in [0.1, 0.15) is 125 Å². The Labute approximate surface area is 240 Å². The molecular weight excluding hydrogens is 781 g/mol. The van der Waals surface area contributed by atoms with E-state index in [0.717, 1.165) is 0 Å². The van der Waals surface area contributed by atoms with Crippen LogP contribution in [0, 0.1) is 0 Å². The Balaban J connectivity index is 7.89. The van der Waals surface area contributed by atoms with Crippen molar-refractivity contribution >= 4 is 88.0 Å². The second-order valence-electron chi connectivity index (χ2n) is 15.9. The third kappa shape index (κ3) is 5.23. The maximum atomic E-state index is 3.20. The largest absolute Gasteiger partial charge is 0.182 e. The lowest BCUT2D eigenvalue weighted by molar-refractivity contribution is 0.552. The molecule has 0 aliphatic rings. The van der Waals surface area contributed by atoms with E-state index in [2.05, 4.69) is 190 Å². The lowest BCUT2D eigenvalue weighted by atomic mass is 10.2. The van der Waals surface area contributed by atoms with Crippen LogP contribution in [0.3, 0.4) is 0 Å². The van der Waals surface area contributed by atoms with E-state index in [9.17, 15) is 0 Å². The van der Waals surface area contributed by atoms with Crippen LogP contribution in [0.25, 0.3) is 0 Å². The minimum Gasteiger partial charge on any atom is -0.126 e. The molecular formula is C24H54I3Si4. The Kier molecular flexibility index (Phi) is 10.3. The van der Waals surface area contributed by atoms with Crippen molar-refractivity contribution in [2.75, 3.05) is 0 Å². The highest BCUT2D eigenvalue weighted by molar-refractivity contribution is 14.3. The van der Waals surface area contributed by atoms with Crippen LogP contribution < -0.4 is 0 Å². The summed E-state index contributed by atoms with van der Waals surface area (Å²) in [5, 5.41) is 1.58. The third-order valence-corrected chi connectivity index (χ3v) is 129. The molecule has 7 heteroatoms. The predicted octanol–water partition coefficient (Wildman–Crippen LogP) is 11.7. The van der Waals surface area contributed by atoms with Gasteiger partial charge in [-0.1, -0.05) is 125 Å². The van der Waals surface area contributed by atoms with Crippen molar-refractivity contribution in [2.24, 2.45) is 0 Å². The van der Waals surface area contributed by atoms with Crippen molar-refractivity contribution in [1.82, 2.24) is 0 Å². The minimum absolute atomic E-state index is 0.368. The van der Waals surface area contributed by atoms with E-state index < -0.39 is 22.6 Å². The van der Waals surface area contributed by atoms with Gasteiger partial charge in [-0.3, -0.25) is 0 Å². The summed E-state index contributed by atoms with van der Waals surface area (Å²) in [4.78, 5) is 0. The van der Waals surface area contributed by atoms with E-state index in [4.69, 9.17) is 0 Å². The molecule has 0 aliphatic carbocycles. The Hall–Kier alpha value is 3.06. The van der Waals surface area contributed by atoms with Crippen molar-refractivity contribution in [1.29, 1.82) is 0 Å². The van der Waals surface area contributed by atoms with E-state index >= 15 is 0 Å². The van der Waals surface area contributed by atoms with E-state index in [-0.39, 0.29) is 0 Å². The van der Waals surface area contributed by atoms with Gasteiger partial charge in [-0.15, -0.1) is 65.4 Å². The summed E-state index contributed by atoms with van der Waals surface area (Å²) in [6, 6.07) is 0. The molecule has 0 aliphatic heterocycles. The predicted molar refractivity (Wildman–Crippen MR) is 183 cm³/mol. The molecule has 0 aromatic heterocycles. The van der Waals surface area contributed by atoms with Gasteiger partial charge in [0, 0.05) is 0 Å². The summed E-state index contributed by atoms with van der Waals surface area (Å²) >= 11 is 9.56. The van der Waals surface area contributed by atoms with Crippen LogP contribution in [0.15, 0.2) is 0 Å². The van der Waals surface area contributed by atoms with E-state index in [0.29, 0.717) is 30.2 Å². The highest BCUT2D eigenvalue weighted by Crippen LogP contribution is 2.73. The van der Waals surface area contributed by atoms with Crippen molar-refractivity contribution < 1.29 is 0 Å². The zero-order chi connectivity index (χ0) is 26.1. The summed E-state index contributed by atoms with van der Waals surface area (Å²) in [6.07, 6.45) is 0. The summed E-state index contributed by atoms with van der Waals surface area (Å²) in [5.74, 6) is 0. The van der Waals surface area contributed by atoms with Gasteiger partial charge in [0.1, 0.15) is 5.33 Å². The molecule has 0 rings (SSSR count). The van der Waals surface area contributed by atoms with Crippen LogP contribution in [0.2, 0.25) is 30.2 Å². The molecule has 31 heavy (non-hydrogen) atoms. The standard InChI is InChI=1S/C24H54I3Si4/c1-19(2,3)29(20(4,5)6,21(7,8)9)28(25)31(26,27)30(22(10,11)12,23(13,14)15)24(16,17)18/h1-18H3. The zero-order valence-electron chi connectivity index (χ0n) is 24.1. The molecule has 0 saturated heterocycles. The first-order valence-electron chi connectivity index (χ1n) is 11.8. The second kappa shape index (κ2) is 9.42. The normalized spacial score (nSPS) is 16.8. The smallest absolute Gasteiger partial charge is 0.126 e. The maximum Gasteiger partial charge on any atom is 0.182 e. The van der Waals surface area contributed by atoms with E-state index in [1.165, 1.54) is 0 Å². The number of hydrogen-bond acceptors (Lipinski definition) is 0. The zero-order valence-corrected chi connectivity index (χ0v) is 34.6. The minimum atomic E-state index is -1.85. The molecule has 0 fully saturated rings. The first-order chi connectivity index (χ1) is 12.9. The summed E-state index contributed by atoms with van der Waals surface area (Å²) in [6.45, 7) is 47.1. The van der Waals surface area contributed by atoms with Gasteiger partial charge in [-0.2, -0.15) is 0 Å². The van der Waals surface area contributed by atoms with Gasteiger partial charge < -0.3 is 0 Å². The molecule has 0 unspecified atom stereocenters. The molecule has 0 atom stereocenters. The van der Waals surface area contributed by atoms with Crippen molar-refractivity contribution in [3.05, 3.63) is 0 Å². The Morgan fingerprint density at radius 1 is 0.419 bits per heavy atom. The van der Waals surface area contributed by atoms with Crippen LogP contribution in [-0.2, 0) is 0 Å². The highest BCUT2D eigenvalue weighted by atomic mass is 127. The van der Waals surface area contributed by atoms with Gasteiger partial charge in [0.05, 0.1) is 15.2 Å². The Morgan fingerprint density at radius 2 is 0.613 bits per heavy atom. The topological polar surface area (TPSA) is 0 Å². The maximum absolute atomic E-state index is 3.20. The monoisotopic (exact) mass is 835 g/mol. The fourth-order valence-electron chi connectivity index (χ4n) is 9.55. The molecule has 0 saturated carbocycles. The molecule has 0 heterocycles. The quantitative estimate of drug-likeness (QED) is 0.151. The van der Waals surface area contributed by atoms with Crippen LogP contribution in [0.4, 0.5) is 0 Å². The van der Waals surface area contributed by atoms with Crippen LogP contribution in [-0.4, -0.2) is 22.6 Å². The molecule has 0 bridgehead atoms. The molecule has 0 aromatic carbocycles. The van der Waals surface area contributed by atoms with Gasteiger partial charge in [-0.25, -0.2) is 0 Å². The fraction of sp³-hybridized carbons (Fsp3) is 1.00. The van der Waals surface area contributed by atoms with E-state index in [1.54, 1.807) is 0 Å². The molecule has 1 radical (unpaired) electrons. The van der Waals surface area contributed by atoms with Gasteiger partial charge in [0.2, 0.25) is 0 Å². The van der Waals surface area contributed by atoms with Gasteiger partial charge in [0.15, 0.2) is 2.10 Å². The molecule has 0 nitrogen and oxygen atoms in total. The summed E-state index contributed by atoms with van der Waals surface area (Å²) < 4.78 is -1.73. The number of rotatable bonds is 3. The third-order valence-electron chi connectivity index (χ3n) is 7.83. The Bertz CT molecular complexity index is 559. The first kappa shape index (κ1) is 34.1. The van der Waals surface area contributed by atoms with Gasteiger partial charge in [0.25, 0.3) is 0 Å². The van der Waals surface area contributed by atoms with Crippen LogP contribution >= 0.6 is 65.4 Å². The lowest BCUT2D eigenvalue weighted by Gasteiger charge is -2.69.